The first-order chi connectivity index (χ1) is 8.28. The fourth-order valence-corrected chi connectivity index (χ4v) is 3.80. The maximum Gasteiger partial charge on any atom is 0.255 e. The number of hydrogen-bond acceptors (Lipinski definition) is 3. The molecule has 1 N–H and O–H groups in total. The molecule has 0 aromatic rings. The van der Waals surface area contributed by atoms with Crippen LogP contribution >= 0.6 is 11.8 Å². The molecular weight excluding hydrogens is 244 g/mol. The number of nitrogens with zero attached hydrogens (tertiary/aromatic N) is 1. The van der Waals surface area contributed by atoms with Crippen molar-refractivity contribution in [3.05, 3.63) is 0 Å². The smallest absolute Gasteiger partial charge is 0.255 e. The Morgan fingerprint density at radius 3 is 2.39 bits per heavy atom. The fourth-order valence-electron chi connectivity index (χ4n) is 3.05. The van der Waals surface area contributed by atoms with Crippen LogP contribution in [0.4, 0.5) is 0 Å². The van der Waals surface area contributed by atoms with Crippen LogP contribution in [-0.2, 0) is 4.79 Å². The molecular formula is C14H26N2OS. The van der Waals surface area contributed by atoms with Crippen molar-refractivity contribution in [1.29, 1.82) is 0 Å². The molecule has 0 spiro atoms. The summed E-state index contributed by atoms with van der Waals surface area (Å²) in [6, 6.07) is 0.627. The summed E-state index contributed by atoms with van der Waals surface area (Å²) in [4.78, 5) is 12.0. The van der Waals surface area contributed by atoms with Crippen LogP contribution in [0.5, 0.6) is 0 Å². The van der Waals surface area contributed by atoms with Gasteiger partial charge in [-0.1, -0.05) is 20.3 Å². The van der Waals surface area contributed by atoms with Crippen molar-refractivity contribution in [3.8, 4) is 0 Å². The van der Waals surface area contributed by atoms with Gasteiger partial charge in [0.15, 0.2) is 0 Å². The van der Waals surface area contributed by atoms with Crippen LogP contribution in [0, 0.1) is 5.92 Å². The van der Waals surface area contributed by atoms with Gasteiger partial charge in [-0.25, -0.2) is 5.43 Å². The second-order valence-electron chi connectivity index (χ2n) is 5.74. The molecule has 3 fully saturated rings. The third-order valence-electron chi connectivity index (χ3n) is 4.44. The van der Waals surface area contributed by atoms with Gasteiger partial charge < -0.3 is 0 Å². The van der Waals surface area contributed by atoms with Crippen molar-refractivity contribution >= 4 is 17.7 Å². The highest BCUT2D eigenvalue weighted by Crippen LogP contribution is 2.37. The number of carbonyl (C=O) groups excluding carboxylic acids is 1. The van der Waals surface area contributed by atoms with Gasteiger partial charge in [0, 0.05) is 11.3 Å². The first-order valence-electron chi connectivity index (χ1n) is 6.90. The van der Waals surface area contributed by atoms with Gasteiger partial charge >= 0.3 is 0 Å². The van der Waals surface area contributed by atoms with Crippen LogP contribution < -0.4 is 5.43 Å². The second kappa shape index (κ2) is 5.83. The zero-order valence-corrected chi connectivity index (χ0v) is 11.3. The second-order valence-corrected chi connectivity index (χ2v) is 6.87. The van der Waals surface area contributed by atoms with Crippen molar-refractivity contribution in [1.82, 2.24) is 10.4 Å². The number of rotatable bonds is 4. The summed E-state index contributed by atoms with van der Waals surface area (Å²) in [7, 11) is 0. The lowest BCUT2D eigenvalue weighted by Gasteiger charge is -2.46. The predicted molar refractivity (Wildman–Crippen MR) is 77.4 cm³/mol. The minimum Gasteiger partial charge on any atom is -0.273 e. The zero-order chi connectivity index (χ0) is 11.8. The molecule has 2 saturated carbocycles. The summed E-state index contributed by atoms with van der Waals surface area (Å²) in [6.45, 7) is 0. The molecule has 104 valence electrons. The average molecular weight is 270 g/mol. The summed E-state index contributed by atoms with van der Waals surface area (Å²) < 4.78 is 0. The third-order valence-corrected chi connectivity index (χ3v) is 5.58. The summed E-state index contributed by atoms with van der Waals surface area (Å²) in [5.74, 6) is 1.20. The van der Waals surface area contributed by atoms with E-state index in [-0.39, 0.29) is 13.5 Å². The van der Waals surface area contributed by atoms with E-state index in [9.17, 15) is 4.79 Å². The van der Waals surface area contributed by atoms with Gasteiger partial charge in [0.25, 0.3) is 5.91 Å². The van der Waals surface area contributed by atoms with Gasteiger partial charge in [-0.15, -0.1) is 0 Å². The van der Waals surface area contributed by atoms with E-state index in [2.05, 4.69) is 11.7 Å². The number of carbonyl (C=O) groups is 1. The van der Waals surface area contributed by atoms with Gasteiger partial charge in [-0.3, -0.25) is 9.80 Å². The number of hydrazine groups is 1. The zero-order valence-electron chi connectivity index (χ0n) is 10.5. The van der Waals surface area contributed by atoms with E-state index in [1.165, 1.54) is 38.5 Å². The van der Waals surface area contributed by atoms with Crippen LogP contribution in [0.1, 0.15) is 52.4 Å². The largest absolute Gasteiger partial charge is 0.273 e. The van der Waals surface area contributed by atoms with Gasteiger partial charge in [0.1, 0.15) is 6.04 Å². The lowest BCUT2D eigenvalue weighted by atomic mass is 9.92. The monoisotopic (exact) mass is 270 g/mol. The molecule has 3 aliphatic rings. The summed E-state index contributed by atoms with van der Waals surface area (Å²) >= 11 is 1.98. The number of nitrogens with one attached hydrogen (secondary N) is 1. The highest BCUT2D eigenvalue weighted by atomic mass is 32.2. The third kappa shape index (κ3) is 2.85. The highest BCUT2D eigenvalue weighted by Gasteiger charge is 2.43. The molecule has 1 saturated heterocycles. The number of hydrogen-bond donors (Lipinski definition) is 1. The quantitative estimate of drug-likeness (QED) is 0.852. The molecule has 3 nitrogen and oxygen atoms in total. The molecule has 1 heterocycles. The van der Waals surface area contributed by atoms with E-state index in [1.807, 2.05) is 16.8 Å². The van der Waals surface area contributed by atoms with Gasteiger partial charge in [-0.2, -0.15) is 11.8 Å². The molecule has 1 unspecified atom stereocenters. The van der Waals surface area contributed by atoms with Crippen molar-refractivity contribution in [2.75, 3.05) is 6.26 Å². The Morgan fingerprint density at radius 2 is 1.89 bits per heavy atom. The van der Waals surface area contributed by atoms with Crippen LogP contribution in [0.25, 0.3) is 0 Å². The Kier molecular flexibility index (Phi) is 4.59. The predicted octanol–water partition coefficient (Wildman–Crippen LogP) is 2.81. The minimum atomic E-state index is 0. The maximum absolute atomic E-state index is 12.0. The van der Waals surface area contributed by atoms with E-state index < -0.39 is 0 Å². The van der Waals surface area contributed by atoms with Gasteiger partial charge in [-0.05, 0) is 44.3 Å². The Balaban J connectivity index is 0.00000120. The van der Waals surface area contributed by atoms with E-state index in [1.54, 1.807) is 0 Å². The molecule has 4 heteroatoms. The van der Waals surface area contributed by atoms with E-state index in [4.69, 9.17) is 0 Å². The molecule has 0 bridgehead atoms. The first kappa shape index (κ1) is 14.2. The van der Waals surface area contributed by atoms with Crippen LogP contribution in [0.2, 0.25) is 0 Å². The summed E-state index contributed by atoms with van der Waals surface area (Å²) in [6.07, 6.45) is 10.9. The fraction of sp³-hybridized carbons (Fsp3) is 0.929. The van der Waals surface area contributed by atoms with E-state index in [0.29, 0.717) is 11.9 Å². The van der Waals surface area contributed by atoms with E-state index in [0.717, 1.165) is 17.6 Å². The van der Waals surface area contributed by atoms with Crippen molar-refractivity contribution < 1.29 is 4.79 Å². The van der Waals surface area contributed by atoms with Gasteiger partial charge in [0.2, 0.25) is 0 Å². The Bertz CT molecular complexity index is 298. The molecule has 18 heavy (non-hydrogen) atoms. The lowest BCUT2D eigenvalue weighted by molar-refractivity contribution is -0.159. The molecule has 0 radical (unpaired) electrons. The molecule has 1 atom stereocenters. The van der Waals surface area contributed by atoms with Crippen molar-refractivity contribution in [2.24, 2.45) is 5.92 Å². The maximum atomic E-state index is 12.0. The molecule has 0 aromatic carbocycles. The summed E-state index contributed by atoms with van der Waals surface area (Å²) in [5.41, 5.74) is 3.38. The number of thioether (sulfide) groups is 1. The molecule has 3 rings (SSSR count). The highest BCUT2D eigenvalue weighted by molar-refractivity contribution is 7.99. The van der Waals surface area contributed by atoms with Gasteiger partial charge in [0.05, 0.1) is 0 Å². The van der Waals surface area contributed by atoms with E-state index >= 15 is 0 Å². The molecule has 1 aliphatic heterocycles. The van der Waals surface area contributed by atoms with Crippen LogP contribution in [0.3, 0.4) is 0 Å². The summed E-state index contributed by atoms with van der Waals surface area (Å²) in [5, 5.41) is 2.76. The Labute approximate surface area is 115 Å². The van der Waals surface area contributed by atoms with Crippen molar-refractivity contribution in [3.63, 3.8) is 0 Å². The lowest BCUT2D eigenvalue weighted by Crippen LogP contribution is -2.70. The topological polar surface area (TPSA) is 32.3 Å². The SMILES string of the molecule is C.CSC1CCC(N2NC(CC3CC3)C2=O)CC1. The molecule has 0 aromatic heterocycles. The standard InChI is InChI=1S/C13H22N2OS.CH4/c1-17-11-6-4-10(5-7-11)15-13(16)12(14-15)8-9-2-3-9;/h9-12,14H,2-8H2,1H3;1H4. The average Bonchev–Trinajstić information content (AvgIpc) is 3.18. The molecule has 2 aliphatic carbocycles. The van der Waals surface area contributed by atoms with Crippen LogP contribution in [-0.4, -0.2) is 34.5 Å². The minimum absolute atomic E-state index is 0. The Hall–Kier alpha value is -0.220. The van der Waals surface area contributed by atoms with Crippen LogP contribution in [0.15, 0.2) is 0 Å². The Morgan fingerprint density at radius 1 is 1.22 bits per heavy atom. The normalized spacial score (nSPS) is 35.9. The van der Waals surface area contributed by atoms with Crippen molar-refractivity contribution in [2.45, 2.75) is 69.7 Å². The molecule has 1 amide bonds. The number of amides is 1. The first-order valence-corrected chi connectivity index (χ1v) is 8.18.